The predicted molar refractivity (Wildman–Crippen MR) is 149 cm³/mol. The lowest BCUT2D eigenvalue weighted by Crippen LogP contribution is -2.49. The molecular formula is C28H33N5O5S. The lowest BCUT2D eigenvalue weighted by atomic mass is 10.00. The van der Waals surface area contributed by atoms with Crippen LogP contribution in [0.4, 0.5) is 0 Å². The minimum absolute atomic E-state index is 0.102. The molecule has 4 rings (SSSR count). The molecule has 0 spiro atoms. The Morgan fingerprint density at radius 3 is 2.31 bits per heavy atom. The third-order valence-electron chi connectivity index (χ3n) is 5.99. The van der Waals surface area contributed by atoms with E-state index in [1.165, 1.54) is 32.7 Å². The van der Waals surface area contributed by atoms with Crippen molar-refractivity contribution in [2.24, 2.45) is 0 Å². The van der Waals surface area contributed by atoms with Crippen LogP contribution in [0.25, 0.3) is 11.0 Å². The molecule has 2 aromatic heterocycles. The summed E-state index contributed by atoms with van der Waals surface area (Å²) in [5.41, 5.74) is 1.38. The number of hydrogen-bond acceptors (Lipinski definition) is 8. The predicted octanol–water partition coefficient (Wildman–Crippen LogP) is 4.20. The zero-order valence-electron chi connectivity index (χ0n) is 22.9. The molecule has 4 aromatic rings. The van der Waals surface area contributed by atoms with Gasteiger partial charge in [-0.05, 0) is 62.0 Å². The maximum Gasteiger partial charge on any atom is 0.247 e. The van der Waals surface area contributed by atoms with Crippen molar-refractivity contribution < 1.29 is 23.8 Å². The molecule has 2 aromatic carbocycles. The van der Waals surface area contributed by atoms with Crippen molar-refractivity contribution in [3.8, 4) is 17.2 Å². The van der Waals surface area contributed by atoms with Gasteiger partial charge in [-0.3, -0.25) is 9.59 Å². The number of amides is 2. The minimum Gasteiger partial charge on any atom is -0.493 e. The van der Waals surface area contributed by atoms with E-state index in [1.54, 1.807) is 21.7 Å². The fourth-order valence-corrected chi connectivity index (χ4v) is 5.02. The Balaban J connectivity index is 1.84. The first-order chi connectivity index (χ1) is 18.6. The van der Waals surface area contributed by atoms with Crippen LogP contribution in [-0.4, -0.2) is 58.6 Å². The van der Waals surface area contributed by atoms with Crippen molar-refractivity contribution in [3.63, 3.8) is 0 Å². The monoisotopic (exact) mass is 551 g/mol. The van der Waals surface area contributed by atoms with Gasteiger partial charge < -0.3 is 24.4 Å². The SMILES string of the molecule is COc1cc([C@@H](C(=O)NC(C)(C)C)N(Cc2cccs2)C(=O)Cn2nnc3ccccc32)cc(OC)c1OC. The van der Waals surface area contributed by atoms with Crippen molar-refractivity contribution in [2.45, 2.75) is 45.4 Å². The molecule has 0 aliphatic carbocycles. The quantitative estimate of drug-likeness (QED) is 0.315. The number of methoxy groups -OCH3 is 3. The average Bonchev–Trinajstić information content (AvgIpc) is 3.56. The highest BCUT2D eigenvalue weighted by molar-refractivity contribution is 7.09. The molecule has 11 heteroatoms. The Bertz CT molecular complexity index is 1420. The fourth-order valence-electron chi connectivity index (χ4n) is 4.32. The van der Waals surface area contributed by atoms with Gasteiger partial charge in [0.15, 0.2) is 11.5 Å². The highest BCUT2D eigenvalue weighted by Gasteiger charge is 2.35. The van der Waals surface area contributed by atoms with E-state index >= 15 is 0 Å². The Hall–Kier alpha value is -4.12. The van der Waals surface area contributed by atoms with E-state index in [4.69, 9.17) is 14.2 Å². The van der Waals surface area contributed by atoms with Gasteiger partial charge in [-0.1, -0.05) is 23.4 Å². The number of nitrogens with zero attached hydrogens (tertiary/aromatic N) is 4. The number of thiophene rings is 1. The second-order valence-corrected chi connectivity index (χ2v) is 11.0. The molecule has 0 radical (unpaired) electrons. The maximum absolute atomic E-state index is 14.1. The normalized spacial score (nSPS) is 12.2. The van der Waals surface area contributed by atoms with Crippen LogP contribution < -0.4 is 19.5 Å². The number of carbonyl (C=O) groups is 2. The van der Waals surface area contributed by atoms with E-state index < -0.39 is 11.6 Å². The molecule has 2 heterocycles. The maximum atomic E-state index is 14.1. The second kappa shape index (κ2) is 11.7. The Morgan fingerprint density at radius 1 is 1.03 bits per heavy atom. The summed E-state index contributed by atoms with van der Waals surface area (Å²) in [4.78, 5) is 30.5. The van der Waals surface area contributed by atoms with E-state index in [-0.39, 0.29) is 24.9 Å². The molecule has 1 N–H and O–H groups in total. The number of para-hydroxylation sites is 1. The largest absolute Gasteiger partial charge is 0.493 e. The molecule has 0 fully saturated rings. The lowest BCUT2D eigenvalue weighted by molar-refractivity contribution is -0.142. The van der Waals surface area contributed by atoms with Crippen LogP contribution >= 0.6 is 11.3 Å². The molecule has 1 atom stereocenters. The molecule has 10 nitrogen and oxygen atoms in total. The summed E-state index contributed by atoms with van der Waals surface area (Å²) in [6, 6.07) is 13.7. The summed E-state index contributed by atoms with van der Waals surface area (Å²) >= 11 is 1.51. The summed E-state index contributed by atoms with van der Waals surface area (Å²) < 4.78 is 18.2. The number of benzene rings is 2. The molecule has 0 aliphatic heterocycles. The van der Waals surface area contributed by atoms with Gasteiger partial charge in [0.05, 0.1) is 33.4 Å². The lowest BCUT2D eigenvalue weighted by Gasteiger charge is -2.34. The van der Waals surface area contributed by atoms with E-state index in [2.05, 4.69) is 15.6 Å². The standard InChI is InChI=1S/C28H33N5O5S/c1-28(2,3)29-27(35)25(18-14-22(36-4)26(38-6)23(15-18)37-5)32(16-19-10-9-13-39-19)24(34)17-33-21-12-8-7-11-20(21)30-31-33/h7-15,25H,16-17H2,1-6H3,(H,29,35)/t25-/m0/s1. The molecular weight excluding hydrogens is 518 g/mol. The summed E-state index contributed by atoms with van der Waals surface area (Å²) in [6.07, 6.45) is 0. The van der Waals surface area contributed by atoms with Gasteiger partial charge in [-0.2, -0.15) is 0 Å². The molecule has 0 saturated carbocycles. The molecule has 2 amide bonds. The number of fused-ring (bicyclic) bond motifs is 1. The first-order valence-electron chi connectivity index (χ1n) is 12.4. The average molecular weight is 552 g/mol. The van der Waals surface area contributed by atoms with Crippen molar-refractivity contribution in [2.75, 3.05) is 21.3 Å². The van der Waals surface area contributed by atoms with Crippen molar-refractivity contribution >= 4 is 34.2 Å². The van der Waals surface area contributed by atoms with Crippen molar-refractivity contribution in [1.29, 1.82) is 0 Å². The minimum atomic E-state index is -1.01. The Labute approximate surface area is 231 Å². The van der Waals surface area contributed by atoms with Crippen LogP contribution in [0.5, 0.6) is 17.2 Å². The van der Waals surface area contributed by atoms with Crippen LogP contribution in [0.1, 0.15) is 37.3 Å². The van der Waals surface area contributed by atoms with Gasteiger partial charge in [0.25, 0.3) is 0 Å². The summed E-state index contributed by atoms with van der Waals surface area (Å²) in [7, 11) is 4.53. The zero-order chi connectivity index (χ0) is 28.2. The number of hydrogen-bond donors (Lipinski definition) is 1. The number of aromatic nitrogens is 3. The van der Waals surface area contributed by atoms with E-state index in [9.17, 15) is 9.59 Å². The third kappa shape index (κ3) is 6.31. The molecule has 39 heavy (non-hydrogen) atoms. The number of carbonyl (C=O) groups excluding carboxylic acids is 2. The molecule has 0 saturated heterocycles. The number of nitrogens with one attached hydrogen (secondary N) is 1. The van der Waals surface area contributed by atoms with Crippen LogP contribution in [0.2, 0.25) is 0 Å². The second-order valence-electron chi connectivity index (χ2n) is 9.94. The van der Waals surface area contributed by atoms with E-state index in [0.717, 1.165) is 10.4 Å². The highest BCUT2D eigenvalue weighted by Crippen LogP contribution is 2.41. The van der Waals surface area contributed by atoms with Gasteiger partial charge >= 0.3 is 0 Å². The number of rotatable bonds is 10. The van der Waals surface area contributed by atoms with Crippen molar-refractivity contribution in [1.82, 2.24) is 25.2 Å². The Kier molecular flexibility index (Phi) is 8.39. The molecule has 0 bridgehead atoms. The van der Waals surface area contributed by atoms with Gasteiger partial charge in [-0.25, -0.2) is 4.68 Å². The summed E-state index contributed by atoms with van der Waals surface area (Å²) in [6.45, 7) is 5.79. The van der Waals surface area contributed by atoms with Crippen LogP contribution in [0.15, 0.2) is 53.9 Å². The topological polar surface area (TPSA) is 108 Å². The number of ether oxygens (including phenoxy) is 3. The molecule has 0 aliphatic rings. The summed E-state index contributed by atoms with van der Waals surface area (Å²) in [5, 5.41) is 13.4. The van der Waals surface area contributed by atoms with Gasteiger partial charge in [0.2, 0.25) is 17.6 Å². The zero-order valence-corrected chi connectivity index (χ0v) is 23.7. The first kappa shape index (κ1) is 27.9. The molecule has 0 unspecified atom stereocenters. The van der Waals surface area contributed by atoms with Crippen LogP contribution in [0, 0.1) is 0 Å². The van der Waals surface area contributed by atoms with Crippen LogP contribution in [0.3, 0.4) is 0 Å². The smallest absolute Gasteiger partial charge is 0.247 e. The first-order valence-corrected chi connectivity index (χ1v) is 13.2. The van der Waals surface area contributed by atoms with Gasteiger partial charge in [0.1, 0.15) is 18.1 Å². The van der Waals surface area contributed by atoms with E-state index in [1.807, 2.05) is 62.5 Å². The fraction of sp³-hybridized carbons (Fsp3) is 0.357. The molecule has 206 valence electrons. The van der Waals surface area contributed by atoms with Crippen molar-refractivity contribution in [3.05, 3.63) is 64.4 Å². The Morgan fingerprint density at radius 2 is 1.72 bits per heavy atom. The van der Waals surface area contributed by atoms with Crippen LogP contribution in [-0.2, 0) is 22.7 Å². The third-order valence-corrected chi connectivity index (χ3v) is 6.85. The van der Waals surface area contributed by atoms with Gasteiger partial charge in [-0.15, -0.1) is 16.4 Å². The van der Waals surface area contributed by atoms with Gasteiger partial charge in [0, 0.05) is 10.4 Å². The highest BCUT2D eigenvalue weighted by atomic mass is 32.1. The summed E-state index contributed by atoms with van der Waals surface area (Å²) in [5.74, 6) is 0.508. The van der Waals surface area contributed by atoms with E-state index in [0.29, 0.717) is 28.3 Å².